The lowest BCUT2D eigenvalue weighted by Crippen LogP contribution is -2.32. The summed E-state index contributed by atoms with van der Waals surface area (Å²) in [6.07, 6.45) is 5.59. The van der Waals surface area contributed by atoms with Crippen LogP contribution >= 0.6 is 0 Å². The molecule has 0 bridgehead atoms. The standard InChI is InChI=1S/C38H67N3O14S/c1-3-4-5-6-18-37(55-56(52,53)54)26(2)36(51)25-35(50)24-32(47)16-9-15-31(46)23-34(49)22-30(45)14-8-13-28(43)20-27(42)11-7-12-29(44)21-33(48)17-10-19-41-38(39)40/h3-9,11,14,16,26-35,37,42-50H,10,12-13,15,17-25H2,1-2H3,(H4,39,40,41)(H,52,53,54)/b4-3+,6-5+,11-7+,14-8+,16-9+. The highest BCUT2D eigenvalue weighted by molar-refractivity contribution is 7.80. The molecule has 0 aliphatic heterocycles. The number of aliphatic hydroxyl groups is 9. The monoisotopic (exact) mass is 821 g/mol. The Morgan fingerprint density at radius 3 is 1.61 bits per heavy atom. The highest BCUT2D eigenvalue weighted by Gasteiger charge is 2.29. The Bertz CT molecular complexity index is 1350. The fraction of sp³-hybridized carbons (Fsp3) is 0.684. The molecule has 14 N–H and O–H groups in total. The van der Waals surface area contributed by atoms with Crippen LogP contribution in [0.2, 0.25) is 0 Å². The maximum atomic E-state index is 12.7. The summed E-state index contributed by atoms with van der Waals surface area (Å²) in [6.45, 7) is 3.56. The summed E-state index contributed by atoms with van der Waals surface area (Å²) in [5, 5.41) is 91.9. The summed E-state index contributed by atoms with van der Waals surface area (Å²) < 4.78 is 36.3. The molecule has 0 aromatic carbocycles. The lowest BCUT2D eigenvalue weighted by atomic mass is 9.92. The van der Waals surface area contributed by atoms with E-state index >= 15 is 0 Å². The molecule has 11 atom stereocenters. The molecular weight excluding hydrogens is 754 g/mol. The second-order valence-electron chi connectivity index (χ2n) is 14.0. The Hall–Kier alpha value is -2.85. The third-order valence-electron chi connectivity index (χ3n) is 8.47. The lowest BCUT2D eigenvalue weighted by molar-refractivity contribution is -0.127. The smallest absolute Gasteiger partial charge is 0.393 e. The first-order valence-electron chi connectivity index (χ1n) is 18.9. The molecule has 0 rings (SSSR count). The molecule has 56 heavy (non-hydrogen) atoms. The second kappa shape index (κ2) is 30.3. The number of rotatable bonds is 32. The van der Waals surface area contributed by atoms with E-state index in [4.69, 9.17) is 16.0 Å². The molecular formula is C38H67N3O14S. The van der Waals surface area contributed by atoms with Gasteiger partial charge < -0.3 is 57.4 Å². The molecule has 0 aromatic heterocycles. The molecule has 18 heteroatoms. The van der Waals surface area contributed by atoms with Gasteiger partial charge in [0.2, 0.25) is 0 Å². The van der Waals surface area contributed by atoms with Crippen LogP contribution in [0.1, 0.15) is 90.9 Å². The largest absolute Gasteiger partial charge is 0.397 e. The maximum absolute atomic E-state index is 12.7. The molecule has 0 spiro atoms. The lowest BCUT2D eigenvalue weighted by Gasteiger charge is -2.22. The van der Waals surface area contributed by atoms with Crippen LogP contribution < -0.4 is 11.5 Å². The minimum atomic E-state index is -4.84. The maximum Gasteiger partial charge on any atom is 0.397 e. The zero-order chi connectivity index (χ0) is 42.7. The summed E-state index contributed by atoms with van der Waals surface area (Å²) in [5.74, 6) is -1.58. The van der Waals surface area contributed by atoms with Crippen molar-refractivity contribution < 1.29 is 67.9 Å². The van der Waals surface area contributed by atoms with Crippen LogP contribution in [0.25, 0.3) is 0 Å². The normalized spacial score (nSPS) is 18.9. The van der Waals surface area contributed by atoms with Gasteiger partial charge in [-0.05, 0) is 58.3 Å². The van der Waals surface area contributed by atoms with Gasteiger partial charge >= 0.3 is 10.4 Å². The average Bonchev–Trinajstić information content (AvgIpc) is 3.06. The zero-order valence-corrected chi connectivity index (χ0v) is 33.2. The number of carbonyl (C=O) groups excluding carboxylic acids is 1. The van der Waals surface area contributed by atoms with E-state index in [1.54, 1.807) is 37.3 Å². The van der Waals surface area contributed by atoms with Crippen molar-refractivity contribution in [3.05, 3.63) is 60.8 Å². The number of nitrogens with two attached hydrogens (primary N) is 2. The molecule has 0 aromatic rings. The van der Waals surface area contributed by atoms with Crippen molar-refractivity contribution in [2.24, 2.45) is 22.4 Å². The van der Waals surface area contributed by atoms with E-state index in [2.05, 4.69) is 9.18 Å². The Morgan fingerprint density at radius 2 is 1.12 bits per heavy atom. The minimum Gasteiger partial charge on any atom is -0.393 e. The van der Waals surface area contributed by atoms with Crippen molar-refractivity contribution in [3.8, 4) is 0 Å². The van der Waals surface area contributed by atoms with Gasteiger partial charge in [0.05, 0.1) is 61.0 Å². The number of ketones is 1. The van der Waals surface area contributed by atoms with E-state index in [0.29, 0.717) is 19.4 Å². The topological polar surface area (TPSA) is 327 Å². The Kier molecular flexibility index (Phi) is 28.7. The van der Waals surface area contributed by atoms with E-state index in [1.165, 1.54) is 37.3 Å². The number of nitrogens with zero attached hydrogens (tertiary/aromatic N) is 1. The summed E-state index contributed by atoms with van der Waals surface area (Å²) >= 11 is 0. The Morgan fingerprint density at radius 1 is 0.661 bits per heavy atom. The molecule has 0 saturated carbocycles. The number of carbonyl (C=O) groups is 1. The van der Waals surface area contributed by atoms with Gasteiger partial charge in [-0.1, -0.05) is 67.7 Å². The van der Waals surface area contributed by atoms with Crippen LogP contribution in [-0.4, -0.2) is 138 Å². The van der Waals surface area contributed by atoms with Crippen LogP contribution in [0.15, 0.2) is 65.8 Å². The molecule has 0 aliphatic rings. The number of hydrogen-bond acceptors (Lipinski definition) is 14. The van der Waals surface area contributed by atoms with Gasteiger partial charge in [-0.15, -0.1) is 0 Å². The number of hydrogen-bond donors (Lipinski definition) is 12. The summed E-state index contributed by atoms with van der Waals surface area (Å²) in [4.78, 5) is 16.5. The third kappa shape index (κ3) is 30.3. The van der Waals surface area contributed by atoms with Gasteiger partial charge in [0.25, 0.3) is 0 Å². The summed E-state index contributed by atoms with van der Waals surface area (Å²) in [6, 6.07) is 0. The first-order valence-corrected chi connectivity index (χ1v) is 20.2. The van der Waals surface area contributed by atoms with E-state index < -0.39 is 89.6 Å². The summed E-state index contributed by atoms with van der Waals surface area (Å²) in [7, 11) is -4.84. The number of allylic oxidation sites excluding steroid dienone is 3. The van der Waals surface area contributed by atoms with Crippen molar-refractivity contribution in [2.45, 2.75) is 152 Å². The van der Waals surface area contributed by atoms with E-state index in [9.17, 15) is 59.2 Å². The first-order chi connectivity index (χ1) is 26.2. The molecule has 0 fully saturated rings. The minimum absolute atomic E-state index is 0.00111. The van der Waals surface area contributed by atoms with Gasteiger partial charge in [-0.2, -0.15) is 8.42 Å². The number of aliphatic hydroxyl groups excluding tert-OH is 9. The molecule has 0 amide bonds. The highest BCUT2D eigenvalue weighted by atomic mass is 32.3. The molecule has 11 unspecified atom stereocenters. The average molecular weight is 822 g/mol. The van der Waals surface area contributed by atoms with Crippen LogP contribution in [0, 0.1) is 5.92 Å². The van der Waals surface area contributed by atoms with Gasteiger partial charge in [0, 0.05) is 38.1 Å². The van der Waals surface area contributed by atoms with E-state index in [0.717, 1.165) is 0 Å². The predicted octanol–water partition coefficient (Wildman–Crippen LogP) is 0.383. The van der Waals surface area contributed by atoms with E-state index in [-0.39, 0.29) is 63.7 Å². The van der Waals surface area contributed by atoms with Gasteiger partial charge in [-0.3, -0.25) is 14.3 Å². The Labute approximate surface area is 331 Å². The zero-order valence-electron chi connectivity index (χ0n) is 32.4. The number of aliphatic imine (C=N–C) groups is 1. The van der Waals surface area contributed by atoms with Crippen LogP contribution in [0.4, 0.5) is 0 Å². The number of guanidine groups is 1. The van der Waals surface area contributed by atoms with Crippen LogP contribution in [0.3, 0.4) is 0 Å². The quantitative estimate of drug-likeness (QED) is 0.0109. The van der Waals surface area contributed by atoms with Gasteiger partial charge in [0.15, 0.2) is 5.96 Å². The van der Waals surface area contributed by atoms with Crippen LogP contribution in [0.5, 0.6) is 0 Å². The third-order valence-corrected chi connectivity index (χ3v) is 8.96. The van der Waals surface area contributed by atoms with Crippen molar-refractivity contribution in [2.75, 3.05) is 6.54 Å². The SMILES string of the molecule is C/C=C/C=C/CC(OS(=O)(=O)O)C(C)C(=O)CC(O)CC(O)/C=C/CC(O)CC(O)CC(O)/C=C/CC(O)CC(O)/C=C/CC(O)CC(O)CCCN=C(N)N. The predicted molar refractivity (Wildman–Crippen MR) is 212 cm³/mol. The second-order valence-corrected chi connectivity index (χ2v) is 15.0. The van der Waals surface area contributed by atoms with Crippen LogP contribution in [-0.2, 0) is 19.4 Å². The molecule has 0 aliphatic carbocycles. The molecule has 324 valence electrons. The molecule has 0 radical (unpaired) electrons. The highest BCUT2D eigenvalue weighted by Crippen LogP contribution is 2.20. The van der Waals surface area contributed by atoms with Crippen molar-refractivity contribution in [1.29, 1.82) is 0 Å². The van der Waals surface area contributed by atoms with Crippen molar-refractivity contribution in [1.82, 2.24) is 0 Å². The van der Waals surface area contributed by atoms with Gasteiger partial charge in [0.1, 0.15) is 5.78 Å². The van der Waals surface area contributed by atoms with Gasteiger partial charge in [-0.25, -0.2) is 4.18 Å². The number of Topliss-reactive ketones (excluding diaryl/α,β-unsaturated/α-hetero) is 1. The molecule has 0 saturated heterocycles. The van der Waals surface area contributed by atoms with Crippen molar-refractivity contribution >= 4 is 22.1 Å². The van der Waals surface area contributed by atoms with Crippen molar-refractivity contribution in [3.63, 3.8) is 0 Å². The first kappa shape index (κ1) is 53.1. The Balaban J connectivity index is 4.52. The molecule has 17 nitrogen and oxygen atoms in total. The summed E-state index contributed by atoms with van der Waals surface area (Å²) in [5.41, 5.74) is 10.5. The molecule has 0 heterocycles. The van der Waals surface area contributed by atoms with E-state index in [1.807, 2.05) is 0 Å². The fourth-order valence-electron chi connectivity index (χ4n) is 5.51. The fourth-order valence-corrected chi connectivity index (χ4v) is 6.07.